The van der Waals surface area contributed by atoms with Gasteiger partial charge in [0.1, 0.15) is 5.75 Å². The van der Waals surface area contributed by atoms with Crippen LogP contribution < -0.4 is 10.1 Å². The van der Waals surface area contributed by atoms with E-state index in [1.54, 1.807) is 0 Å². The van der Waals surface area contributed by atoms with Crippen LogP contribution in [0.15, 0.2) is 41.3 Å². The average molecular weight is 425 g/mol. The third-order valence-corrected chi connectivity index (χ3v) is 6.82. The largest absolute Gasteiger partial charge is 0.493 e. The van der Waals surface area contributed by atoms with E-state index in [2.05, 4.69) is 31.3 Å². The van der Waals surface area contributed by atoms with Crippen LogP contribution in [-0.4, -0.2) is 30.7 Å². The Morgan fingerprint density at radius 3 is 2.63 bits per heavy atom. The molecule has 0 unspecified atom stereocenters. The number of anilines is 1. The van der Waals surface area contributed by atoms with E-state index < -0.39 is 0 Å². The molecule has 1 saturated heterocycles. The lowest BCUT2D eigenvalue weighted by molar-refractivity contribution is -0.133. The van der Waals surface area contributed by atoms with Crippen LogP contribution in [0.2, 0.25) is 0 Å². The van der Waals surface area contributed by atoms with Crippen molar-refractivity contribution in [3.05, 3.63) is 47.0 Å². The third-order valence-electron chi connectivity index (χ3n) is 5.35. The molecule has 0 atom stereocenters. The lowest BCUT2D eigenvalue weighted by Gasteiger charge is -2.24. The van der Waals surface area contributed by atoms with Crippen LogP contribution in [0.4, 0.5) is 5.69 Å². The fourth-order valence-corrected chi connectivity index (χ4v) is 4.54. The lowest BCUT2D eigenvalue weighted by Crippen LogP contribution is -2.38. The molecular formula is C24H28N2O3S. The molecule has 4 rings (SSSR count). The molecule has 1 saturated carbocycles. The van der Waals surface area contributed by atoms with Crippen LogP contribution in [0.3, 0.4) is 0 Å². The van der Waals surface area contributed by atoms with Gasteiger partial charge in [-0.25, -0.2) is 4.98 Å². The van der Waals surface area contributed by atoms with E-state index in [4.69, 9.17) is 14.5 Å². The van der Waals surface area contributed by atoms with Crippen molar-refractivity contribution in [2.24, 2.45) is 11.8 Å². The number of benzene rings is 1. The maximum atomic E-state index is 12.3. The Balaban J connectivity index is 1.64. The summed E-state index contributed by atoms with van der Waals surface area (Å²) in [7, 11) is 0. The third kappa shape index (κ3) is 4.55. The van der Waals surface area contributed by atoms with Gasteiger partial charge in [0.15, 0.2) is 0 Å². The number of carbonyl (C=O) groups excluding carboxylic acids is 1. The number of fused-ring (bicyclic) bond motifs is 1. The number of thioether (sulfide) groups is 1. The van der Waals surface area contributed by atoms with Gasteiger partial charge in [-0.15, -0.1) is 0 Å². The Hall–Kier alpha value is -2.31. The minimum absolute atomic E-state index is 0.00491. The molecule has 1 aliphatic heterocycles. The predicted octanol–water partition coefficient (Wildman–Crippen LogP) is 5.63. The summed E-state index contributed by atoms with van der Waals surface area (Å²) in [5, 5.41) is 3.88. The molecule has 2 heterocycles. The van der Waals surface area contributed by atoms with Crippen LogP contribution in [-0.2, 0) is 9.53 Å². The van der Waals surface area contributed by atoms with E-state index in [9.17, 15) is 4.79 Å². The van der Waals surface area contributed by atoms with Gasteiger partial charge in [-0.1, -0.05) is 23.9 Å². The molecule has 5 nitrogen and oxygen atoms in total. The number of allylic oxidation sites excluding steroid dienone is 3. The summed E-state index contributed by atoms with van der Waals surface area (Å²) in [5.41, 5.74) is 2.52. The maximum Gasteiger partial charge on any atom is 0.232 e. The zero-order valence-electron chi connectivity index (χ0n) is 17.7. The van der Waals surface area contributed by atoms with E-state index in [-0.39, 0.29) is 11.8 Å². The van der Waals surface area contributed by atoms with Gasteiger partial charge in [-0.05, 0) is 62.6 Å². The van der Waals surface area contributed by atoms with Crippen LogP contribution in [0.1, 0.15) is 39.3 Å². The molecule has 0 radical (unpaired) electrons. The van der Waals surface area contributed by atoms with Crippen molar-refractivity contribution >= 4 is 39.2 Å². The highest BCUT2D eigenvalue weighted by molar-refractivity contribution is 8.11. The van der Waals surface area contributed by atoms with Crippen molar-refractivity contribution in [1.29, 1.82) is 0 Å². The quantitative estimate of drug-likeness (QED) is 0.595. The highest BCUT2D eigenvalue weighted by Gasteiger charge is 2.28. The number of pyridine rings is 1. The normalized spacial score (nSPS) is 17.7. The topological polar surface area (TPSA) is 60.5 Å². The summed E-state index contributed by atoms with van der Waals surface area (Å²) < 4.78 is 11.1. The molecule has 1 aliphatic carbocycles. The minimum Gasteiger partial charge on any atom is -0.493 e. The predicted molar refractivity (Wildman–Crippen MR) is 124 cm³/mol. The Kier molecular flexibility index (Phi) is 6.44. The number of rotatable bonds is 8. The number of hydrogen-bond acceptors (Lipinski definition) is 5. The molecule has 1 aromatic heterocycles. The fraction of sp³-hybridized carbons (Fsp3) is 0.417. The SMILES string of the molecule is C/C=C(\S/C(=C\C)C1CC1)c1cc(OCC)c2cc(NC(=O)C3COC3)ccc2n1. The Labute approximate surface area is 181 Å². The second-order valence-electron chi connectivity index (χ2n) is 7.61. The van der Waals surface area contributed by atoms with E-state index in [0.29, 0.717) is 25.7 Å². The van der Waals surface area contributed by atoms with E-state index in [0.717, 1.165) is 32.9 Å². The van der Waals surface area contributed by atoms with Gasteiger partial charge in [0.05, 0.1) is 36.9 Å². The molecule has 1 aromatic carbocycles. The van der Waals surface area contributed by atoms with Gasteiger partial charge in [-0.3, -0.25) is 4.79 Å². The van der Waals surface area contributed by atoms with Gasteiger partial charge < -0.3 is 14.8 Å². The molecule has 0 bridgehead atoms. The number of nitrogens with zero attached hydrogens (tertiary/aromatic N) is 1. The van der Waals surface area contributed by atoms with Crippen LogP contribution in [0, 0.1) is 11.8 Å². The molecule has 2 fully saturated rings. The second kappa shape index (κ2) is 9.23. The van der Waals surface area contributed by atoms with Crippen LogP contribution >= 0.6 is 11.8 Å². The van der Waals surface area contributed by atoms with E-state index in [1.165, 1.54) is 17.7 Å². The summed E-state index contributed by atoms with van der Waals surface area (Å²) in [5.74, 6) is 1.42. The molecule has 2 aromatic rings. The number of ether oxygens (including phenoxy) is 2. The first kappa shape index (κ1) is 20.9. The lowest BCUT2D eigenvalue weighted by atomic mass is 10.1. The van der Waals surface area contributed by atoms with Gasteiger partial charge in [0, 0.05) is 22.0 Å². The number of carbonyl (C=O) groups is 1. The molecule has 1 N–H and O–H groups in total. The number of nitrogens with one attached hydrogen (secondary N) is 1. The molecule has 30 heavy (non-hydrogen) atoms. The van der Waals surface area contributed by atoms with Gasteiger partial charge >= 0.3 is 0 Å². The fourth-order valence-electron chi connectivity index (χ4n) is 3.44. The molecule has 158 valence electrons. The minimum atomic E-state index is -0.0610. The summed E-state index contributed by atoms with van der Waals surface area (Å²) in [6.07, 6.45) is 6.90. The zero-order valence-corrected chi connectivity index (χ0v) is 18.6. The number of aromatic nitrogens is 1. The second-order valence-corrected chi connectivity index (χ2v) is 8.73. The van der Waals surface area contributed by atoms with Crippen molar-refractivity contribution in [1.82, 2.24) is 4.98 Å². The Morgan fingerprint density at radius 1 is 1.23 bits per heavy atom. The summed E-state index contributed by atoms with van der Waals surface area (Å²) >= 11 is 1.81. The first-order valence-corrected chi connectivity index (χ1v) is 11.4. The number of hydrogen-bond donors (Lipinski definition) is 1. The Bertz CT molecular complexity index is 1010. The van der Waals surface area contributed by atoms with Crippen molar-refractivity contribution in [2.45, 2.75) is 33.6 Å². The van der Waals surface area contributed by atoms with E-state index >= 15 is 0 Å². The molecular weight excluding hydrogens is 396 g/mol. The summed E-state index contributed by atoms with van der Waals surface area (Å²) in [4.78, 5) is 19.7. The molecule has 6 heteroatoms. The highest BCUT2D eigenvalue weighted by atomic mass is 32.2. The van der Waals surface area contributed by atoms with Crippen molar-refractivity contribution in [3.63, 3.8) is 0 Å². The average Bonchev–Trinajstić information content (AvgIpc) is 3.53. The standard InChI is InChI=1S/C24H28N2O3S/c1-4-22(15-7-8-15)30-23(5-2)20-12-21(29-6-3)18-11-17(9-10-19(18)26-20)25-24(27)16-13-28-14-16/h4-5,9-12,15-16H,6-8,13-14H2,1-3H3,(H,25,27)/b22-4-,23-5-. The monoisotopic (exact) mass is 424 g/mol. The van der Waals surface area contributed by atoms with Gasteiger partial charge in [-0.2, -0.15) is 0 Å². The summed E-state index contributed by atoms with van der Waals surface area (Å²) in [6, 6.07) is 7.80. The summed E-state index contributed by atoms with van der Waals surface area (Å²) in [6.45, 7) is 7.69. The van der Waals surface area contributed by atoms with Crippen molar-refractivity contribution < 1.29 is 14.3 Å². The maximum absolute atomic E-state index is 12.3. The highest BCUT2D eigenvalue weighted by Crippen LogP contribution is 2.47. The first-order valence-electron chi connectivity index (χ1n) is 10.6. The van der Waals surface area contributed by atoms with Crippen molar-refractivity contribution in [2.75, 3.05) is 25.1 Å². The van der Waals surface area contributed by atoms with E-state index in [1.807, 2.05) is 43.0 Å². The Morgan fingerprint density at radius 2 is 2.03 bits per heavy atom. The molecule has 1 amide bonds. The van der Waals surface area contributed by atoms with Gasteiger partial charge in [0.25, 0.3) is 0 Å². The van der Waals surface area contributed by atoms with Gasteiger partial charge in [0.2, 0.25) is 5.91 Å². The van der Waals surface area contributed by atoms with Crippen molar-refractivity contribution in [3.8, 4) is 5.75 Å². The first-order chi connectivity index (χ1) is 14.6. The smallest absolute Gasteiger partial charge is 0.232 e. The zero-order chi connectivity index (χ0) is 21.1. The van der Waals surface area contributed by atoms with Crippen LogP contribution in [0.25, 0.3) is 15.8 Å². The molecule has 2 aliphatic rings. The van der Waals surface area contributed by atoms with Crippen LogP contribution in [0.5, 0.6) is 5.75 Å². The number of amides is 1. The molecule has 0 spiro atoms.